The standard InChI is InChI=1S/C17H12Cl2O4/c18-14-7-4-12(9-15(14)19)16(20)8-3-11-1-5-13(6-2-11)23-10-17(21)22/h1-9H,10H2,(H,21,22)/b8-3+. The zero-order valence-corrected chi connectivity index (χ0v) is 13.3. The maximum atomic E-state index is 12.0. The third kappa shape index (κ3) is 5.13. The number of benzene rings is 2. The quantitative estimate of drug-likeness (QED) is 0.621. The molecule has 0 aliphatic heterocycles. The summed E-state index contributed by atoms with van der Waals surface area (Å²) in [6, 6.07) is 11.4. The number of hydrogen-bond donors (Lipinski definition) is 1. The average molecular weight is 351 g/mol. The van der Waals surface area contributed by atoms with E-state index < -0.39 is 12.6 Å². The Bertz CT molecular complexity index is 752. The van der Waals surface area contributed by atoms with Gasteiger partial charge in [0.2, 0.25) is 0 Å². The zero-order chi connectivity index (χ0) is 16.8. The molecule has 0 heterocycles. The van der Waals surface area contributed by atoms with Crippen LogP contribution < -0.4 is 4.74 Å². The lowest BCUT2D eigenvalue weighted by molar-refractivity contribution is -0.139. The molecule has 0 radical (unpaired) electrons. The first-order chi connectivity index (χ1) is 11.0. The van der Waals surface area contributed by atoms with Gasteiger partial charge in [-0.1, -0.05) is 41.4 Å². The summed E-state index contributed by atoms with van der Waals surface area (Å²) in [5.41, 5.74) is 1.22. The number of halogens is 2. The van der Waals surface area contributed by atoms with Crippen molar-refractivity contribution in [3.63, 3.8) is 0 Å². The molecule has 0 aliphatic carbocycles. The molecule has 0 aliphatic rings. The predicted molar refractivity (Wildman–Crippen MR) is 89.4 cm³/mol. The van der Waals surface area contributed by atoms with E-state index in [9.17, 15) is 9.59 Å². The second-order valence-electron chi connectivity index (χ2n) is 4.58. The van der Waals surface area contributed by atoms with Crippen molar-refractivity contribution in [1.82, 2.24) is 0 Å². The highest BCUT2D eigenvalue weighted by Gasteiger charge is 2.05. The maximum absolute atomic E-state index is 12.0. The van der Waals surface area contributed by atoms with Crippen molar-refractivity contribution in [3.05, 3.63) is 69.7 Å². The number of rotatable bonds is 6. The first-order valence-electron chi connectivity index (χ1n) is 6.58. The summed E-state index contributed by atoms with van der Waals surface area (Å²) in [7, 11) is 0. The van der Waals surface area contributed by atoms with Gasteiger partial charge < -0.3 is 9.84 Å². The van der Waals surface area contributed by atoms with E-state index in [1.807, 2.05) is 0 Å². The zero-order valence-electron chi connectivity index (χ0n) is 11.8. The Morgan fingerprint density at radius 2 is 1.74 bits per heavy atom. The van der Waals surface area contributed by atoms with Gasteiger partial charge in [0.05, 0.1) is 10.0 Å². The largest absolute Gasteiger partial charge is 0.482 e. The van der Waals surface area contributed by atoms with E-state index in [-0.39, 0.29) is 5.78 Å². The fourth-order valence-corrected chi connectivity index (χ4v) is 2.04. The molecule has 2 aromatic rings. The number of carboxylic acid groups (broad SMARTS) is 1. The van der Waals surface area contributed by atoms with Crippen molar-refractivity contribution >= 4 is 41.0 Å². The number of carbonyl (C=O) groups excluding carboxylic acids is 1. The summed E-state index contributed by atoms with van der Waals surface area (Å²) in [5, 5.41) is 9.25. The van der Waals surface area contributed by atoms with Crippen LogP contribution in [0.15, 0.2) is 48.5 Å². The van der Waals surface area contributed by atoms with Crippen LogP contribution in [0.5, 0.6) is 5.75 Å². The van der Waals surface area contributed by atoms with E-state index in [1.165, 1.54) is 12.1 Å². The number of carbonyl (C=O) groups is 2. The van der Waals surface area contributed by atoms with Crippen molar-refractivity contribution in [2.75, 3.05) is 6.61 Å². The van der Waals surface area contributed by atoms with Crippen LogP contribution in [0.3, 0.4) is 0 Å². The molecule has 0 spiro atoms. The highest BCUT2D eigenvalue weighted by molar-refractivity contribution is 6.42. The summed E-state index contributed by atoms with van der Waals surface area (Å²) >= 11 is 11.7. The molecule has 1 N–H and O–H groups in total. The van der Waals surface area contributed by atoms with Gasteiger partial charge in [0.15, 0.2) is 12.4 Å². The van der Waals surface area contributed by atoms with Gasteiger partial charge in [0, 0.05) is 5.56 Å². The first-order valence-corrected chi connectivity index (χ1v) is 7.33. The van der Waals surface area contributed by atoms with Gasteiger partial charge >= 0.3 is 5.97 Å². The van der Waals surface area contributed by atoms with Gasteiger partial charge in [-0.05, 0) is 42.0 Å². The molecule has 6 heteroatoms. The Morgan fingerprint density at radius 3 is 2.35 bits per heavy atom. The van der Waals surface area contributed by atoms with Gasteiger partial charge in [-0.3, -0.25) is 4.79 Å². The molecule has 4 nitrogen and oxygen atoms in total. The molecule has 0 amide bonds. The minimum absolute atomic E-state index is 0.199. The SMILES string of the molecule is O=C(O)COc1ccc(/C=C/C(=O)c2ccc(Cl)c(Cl)c2)cc1. The molecule has 2 rings (SSSR count). The van der Waals surface area contributed by atoms with Crippen LogP contribution in [-0.2, 0) is 4.79 Å². The van der Waals surface area contributed by atoms with Gasteiger partial charge in [-0.2, -0.15) is 0 Å². The van der Waals surface area contributed by atoms with E-state index in [2.05, 4.69) is 0 Å². The molecule has 0 atom stereocenters. The third-order valence-electron chi connectivity index (χ3n) is 2.87. The monoisotopic (exact) mass is 350 g/mol. The smallest absolute Gasteiger partial charge is 0.341 e. The van der Waals surface area contributed by atoms with Crippen LogP contribution in [0, 0.1) is 0 Å². The molecule has 0 aromatic heterocycles. The van der Waals surface area contributed by atoms with Crippen molar-refractivity contribution in [2.45, 2.75) is 0 Å². The van der Waals surface area contributed by atoms with E-state index >= 15 is 0 Å². The summed E-state index contributed by atoms with van der Waals surface area (Å²) in [4.78, 5) is 22.5. The van der Waals surface area contributed by atoms with Gasteiger partial charge in [0.1, 0.15) is 5.75 Å². The van der Waals surface area contributed by atoms with Crippen LogP contribution in [0.4, 0.5) is 0 Å². The Kier molecular flexibility index (Phi) is 5.79. The van der Waals surface area contributed by atoms with Crippen molar-refractivity contribution in [2.24, 2.45) is 0 Å². The van der Waals surface area contributed by atoms with Crippen LogP contribution in [0.2, 0.25) is 10.0 Å². The number of aliphatic carboxylic acids is 1. The average Bonchev–Trinajstić information content (AvgIpc) is 2.54. The Balaban J connectivity index is 2.03. The summed E-state index contributed by atoms with van der Waals surface area (Å²) < 4.78 is 5.02. The summed E-state index contributed by atoms with van der Waals surface area (Å²) in [6.07, 6.45) is 3.07. The third-order valence-corrected chi connectivity index (χ3v) is 3.61. The molecule has 0 saturated carbocycles. The Morgan fingerprint density at radius 1 is 1.04 bits per heavy atom. The number of ether oxygens (including phenoxy) is 1. The molecular formula is C17H12Cl2O4. The Labute approximate surface area is 142 Å². The minimum atomic E-state index is -1.04. The summed E-state index contributed by atoms with van der Waals surface area (Å²) in [5.74, 6) is -0.795. The van der Waals surface area contributed by atoms with Crippen molar-refractivity contribution in [3.8, 4) is 5.75 Å². The lowest BCUT2D eigenvalue weighted by Crippen LogP contribution is -2.09. The highest BCUT2D eigenvalue weighted by Crippen LogP contribution is 2.23. The molecule has 0 bridgehead atoms. The lowest BCUT2D eigenvalue weighted by atomic mass is 10.1. The normalized spacial score (nSPS) is 10.7. The molecular weight excluding hydrogens is 339 g/mol. The predicted octanol–water partition coefficient (Wildman–Crippen LogP) is 4.35. The second-order valence-corrected chi connectivity index (χ2v) is 5.39. The van der Waals surface area contributed by atoms with Gasteiger partial charge in [0.25, 0.3) is 0 Å². The molecule has 23 heavy (non-hydrogen) atoms. The number of ketones is 1. The minimum Gasteiger partial charge on any atom is -0.482 e. The van der Waals surface area contributed by atoms with E-state index in [0.29, 0.717) is 21.4 Å². The van der Waals surface area contributed by atoms with Crippen LogP contribution in [0.1, 0.15) is 15.9 Å². The van der Waals surface area contributed by atoms with E-state index in [1.54, 1.807) is 42.5 Å². The molecule has 2 aromatic carbocycles. The second kappa shape index (κ2) is 7.81. The van der Waals surface area contributed by atoms with E-state index in [4.69, 9.17) is 33.0 Å². The lowest BCUT2D eigenvalue weighted by Gasteiger charge is -2.03. The Hall–Kier alpha value is -2.30. The van der Waals surface area contributed by atoms with Crippen LogP contribution >= 0.6 is 23.2 Å². The fraction of sp³-hybridized carbons (Fsp3) is 0.0588. The maximum Gasteiger partial charge on any atom is 0.341 e. The van der Waals surface area contributed by atoms with Gasteiger partial charge in [-0.15, -0.1) is 0 Å². The summed E-state index contributed by atoms with van der Waals surface area (Å²) in [6.45, 7) is -0.398. The number of carboxylic acids is 1. The molecule has 0 unspecified atom stereocenters. The molecule has 118 valence electrons. The van der Waals surface area contributed by atoms with Gasteiger partial charge in [-0.25, -0.2) is 4.79 Å². The fourth-order valence-electron chi connectivity index (χ4n) is 1.74. The van der Waals surface area contributed by atoms with Crippen LogP contribution in [-0.4, -0.2) is 23.5 Å². The number of allylic oxidation sites excluding steroid dienone is 1. The van der Waals surface area contributed by atoms with Crippen LogP contribution in [0.25, 0.3) is 6.08 Å². The van der Waals surface area contributed by atoms with E-state index in [0.717, 1.165) is 5.56 Å². The number of hydrogen-bond acceptors (Lipinski definition) is 3. The van der Waals surface area contributed by atoms with Crippen molar-refractivity contribution < 1.29 is 19.4 Å². The highest BCUT2D eigenvalue weighted by atomic mass is 35.5. The molecule has 0 fully saturated rings. The first kappa shape index (κ1) is 17.1. The van der Waals surface area contributed by atoms with Crippen molar-refractivity contribution in [1.29, 1.82) is 0 Å². The topological polar surface area (TPSA) is 63.6 Å². The molecule has 0 saturated heterocycles.